The first-order chi connectivity index (χ1) is 12.6. The molecule has 2 heterocycles. The normalized spacial score (nSPS) is 12.6. The lowest BCUT2D eigenvalue weighted by molar-refractivity contribution is -0.142. The van der Waals surface area contributed by atoms with Gasteiger partial charge in [0.1, 0.15) is 16.3 Å². The van der Waals surface area contributed by atoms with Crippen molar-refractivity contribution in [3.63, 3.8) is 0 Å². The number of aromatic nitrogens is 3. The Kier molecular flexibility index (Phi) is 5.63. The summed E-state index contributed by atoms with van der Waals surface area (Å²) in [5, 5.41) is 0.882. The first-order valence-electron chi connectivity index (χ1n) is 8.40. The topological polar surface area (TPSA) is 86.2 Å². The van der Waals surface area contributed by atoms with Crippen molar-refractivity contribution in [2.45, 2.75) is 30.8 Å². The number of para-hydroxylation sites is 1. The average molecular weight is 375 g/mol. The zero-order valence-electron chi connectivity index (χ0n) is 14.9. The second-order valence-electron chi connectivity index (χ2n) is 5.75. The number of nitrogens with one attached hydrogen (secondary N) is 1. The lowest BCUT2D eigenvalue weighted by Gasteiger charge is -2.14. The minimum atomic E-state index is -0.474. The van der Waals surface area contributed by atoms with Crippen molar-refractivity contribution >= 4 is 39.7 Å². The first-order valence-corrected chi connectivity index (χ1v) is 9.28. The van der Waals surface area contributed by atoms with Gasteiger partial charge in [0, 0.05) is 18.0 Å². The van der Waals surface area contributed by atoms with Gasteiger partial charge in [0.25, 0.3) is 5.56 Å². The van der Waals surface area contributed by atoms with Crippen LogP contribution in [-0.2, 0) is 20.8 Å². The molecule has 0 aliphatic rings. The van der Waals surface area contributed by atoms with E-state index in [-0.39, 0.29) is 11.5 Å². The molecule has 1 aromatic carbocycles. The Balaban J connectivity index is 2.13. The second kappa shape index (κ2) is 7.92. The van der Waals surface area contributed by atoms with Crippen LogP contribution in [-0.4, -0.2) is 46.1 Å². The SMILES string of the molecule is CCOC(=O)[C@@H](C)Sc1nc2c([nH]c3ccccc32)c(=O)n1CCOC. The molecule has 0 radical (unpaired) electrons. The average Bonchev–Trinajstić information content (AvgIpc) is 3.01. The third-order valence-electron chi connectivity index (χ3n) is 4.00. The lowest BCUT2D eigenvalue weighted by Crippen LogP contribution is -2.27. The fourth-order valence-electron chi connectivity index (χ4n) is 2.71. The number of thioether (sulfide) groups is 1. The zero-order chi connectivity index (χ0) is 18.7. The van der Waals surface area contributed by atoms with Gasteiger partial charge in [-0.1, -0.05) is 30.0 Å². The molecule has 138 valence electrons. The number of H-pyrrole nitrogens is 1. The van der Waals surface area contributed by atoms with E-state index in [1.165, 1.54) is 11.8 Å². The summed E-state index contributed by atoms with van der Waals surface area (Å²) in [6, 6.07) is 7.63. The van der Waals surface area contributed by atoms with Gasteiger partial charge in [0.05, 0.1) is 19.8 Å². The minimum absolute atomic E-state index is 0.179. The Bertz CT molecular complexity index is 995. The van der Waals surface area contributed by atoms with Gasteiger partial charge in [-0.05, 0) is 19.9 Å². The van der Waals surface area contributed by atoms with Gasteiger partial charge in [-0.2, -0.15) is 0 Å². The maximum atomic E-state index is 13.0. The molecule has 0 saturated carbocycles. The highest BCUT2D eigenvalue weighted by molar-refractivity contribution is 8.00. The number of benzene rings is 1. The standard InChI is InChI=1S/C18H21N3O4S/c1-4-25-17(23)11(2)26-18-20-14-12-7-5-6-8-13(12)19-15(14)16(22)21(18)9-10-24-3/h5-8,11,19H,4,9-10H2,1-3H3/t11-/m1/s1. The highest BCUT2D eigenvalue weighted by Gasteiger charge is 2.21. The molecule has 1 N–H and O–H groups in total. The van der Waals surface area contributed by atoms with Crippen molar-refractivity contribution in [3.05, 3.63) is 34.6 Å². The number of esters is 1. The molecule has 0 aliphatic heterocycles. The van der Waals surface area contributed by atoms with Crippen LogP contribution < -0.4 is 5.56 Å². The Hall–Kier alpha value is -2.32. The molecule has 2 aromatic heterocycles. The smallest absolute Gasteiger partial charge is 0.319 e. The van der Waals surface area contributed by atoms with Crippen molar-refractivity contribution in [2.75, 3.05) is 20.3 Å². The van der Waals surface area contributed by atoms with Crippen LogP contribution in [0.15, 0.2) is 34.2 Å². The number of aromatic amines is 1. The summed E-state index contributed by atoms with van der Waals surface area (Å²) >= 11 is 1.22. The van der Waals surface area contributed by atoms with Gasteiger partial charge in [0.15, 0.2) is 5.16 Å². The third-order valence-corrected chi connectivity index (χ3v) is 5.06. The van der Waals surface area contributed by atoms with Gasteiger partial charge in [-0.3, -0.25) is 14.2 Å². The molecule has 0 amide bonds. The molecule has 0 fully saturated rings. The molecule has 7 nitrogen and oxygen atoms in total. The number of ether oxygens (including phenoxy) is 2. The Morgan fingerprint density at radius 3 is 2.88 bits per heavy atom. The molecule has 0 saturated heterocycles. The van der Waals surface area contributed by atoms with Crippen molar-refractivity contribution in [2.24, 2.45) is 0 Å². The molecule has 3 aromatic rings. The highest BCUT2D eigenvalue weighted by Crippen LogP contribution is 2.27. The molecule has 26 heavy (non-hydrogen) atoms. The largest absolute Gasteiger partial charge is 0.465 e. The summed E-state index contributed by atoms with van der Waals surface area (Å²) in [5.41, 5.74) is 1.74. The molecule has 0 spiro atoms. The van der Waals surface area contributed by atoms with Gasteiger partial charge in [0.2, 0.25) is 0 Å². The predicted molar refractivity (Wildman–Crippen MR) is 102 cm³/mol. The number of hydrogen-bond donors (Lipinski definition) is 1. The Morgan fingerprint density at radius 1 is 1.38 bits per heavy atom. The van der Waals surface area contributed by atoms with Crippen molar-refractivity contribution in [1.82, 2.24) is 14.5 Å². The number of carbonyl (C=O) groups is 1. The van der Waals surface area contributed by atoms with E-state index in [1.54, 1.807) is 25.5 Å². The number of rotatable bonds is 7. The van der Waals surface area contributed by atoms with Crippen LogP contribution in [0.2, 0.25) is 0 Å². The van der Waals surface area contributed by atoms with Crippen molar-refractivity contribution in [1.29, 1.82) is 0 Å². The molecular weight excluding hydrogens is 354 g/mol. The minimum Gasteiger partial charge on any atom is -0.465 e. The van der Waals surface area contributed by atoms with E-state index < -0.39 is 5.25 Å². The molecular formula is C18H21N3O4S. The van der Waals surface area contributed by atoms with E-state index >= 15 is 0 Å². The Morgan fingerprint density at radius 2 is 2.15 bits per heavy atom. The molecule has 0 unspecified atom stereocenters. The van der Waals surface area contributed by atoms with E-state index in [9.17, 15) is 9.59 Å². The number of fused-ring (bicyclic) bond motifs is 3. The van der Waals surface area contributed by atoms with Crippen molar-refractivity contribution in [3.8, 4) is 0 Å². The van der Waals surface area contributed by atoms with Gasteiger partial charge >= 0.3 is 5.97 Å². The maximum Gasteiger partial charge on any atom is 0.319 e. The van der Waals surface area contributed by atoms with E-state index in [0.717, 1.165) is 10.9 Å². The molecule has 8 heteroatoms. The van der Waals surface area contributed by atoms with E-state index in [0.29, 0.717) is 35.9 Å². The van der Waals surface area contributed by atoms with Gasteiger partial charge < -0.3 is 14.5 Å². The number of nitrogens with zero attached hydrogens (tertiary/aromatic N) is 2. The summed E-state index contributed by atoms with van der Waals surface area (Å²) in [7, 11) is 1.58. The van der Waals surface area contributed by atoms with Crippen LogP contribution in [0.4, 0.5) is 0 Å². The molecule has 0 bridgehead atoms. The van der Waals surface area contributed by atoms with E-state index in [1.807, 2.05) is 24.3 Å². The summed E-state index contributed by atoms with van der Waals surface area (Å²) in [6.45, 7) is 4.55. The molecule has 0 aliphatic carbocycles. The monoisotopic (exact) mass is 375 g/mol. The quantitative estimate of drug-likeness (QED) is 0.388. The van der Waals surface area contributed by atoms with Crippen LogP contribution in [0.25, 0.3) is 21.9 Å². The first kappa shape index (κ1) is 18.5. The predicted octanol–water partition coefficient (Wildman–Crippen LogP) is 2.57. The fourth-order valence-corrected chi connectivity index (χ4v) is 3.64. The zero-order valence-corrected chi connectivity index (χ0v) is 15.8. The summed E-state index contributed by atoms with van der Waals surface area (Å²) < 4.78 is 11.7. The highest BCUT2D eigenvalue weighted by atomic mass is 32.2. The number of methoxy groups -OCH3 is 1. The van der Waals surface area contributed by atoms with Crippen LogP contribution in [0, 0.1) is 0 Å². The summed E-state index contributed by atoms with van der Waals surface area (Å²) in [4.78, 5) is 32.8. The van der Waals surface area contributed by atoms with Gasteiger partial charge in [-0.25, -0.2) is 4.98 Å². The fraction of sp³-hybridized carbons (Fsp3) is 0.389. The van der Waals surface area contributed by atoms with Crippen LogP contribution in [0.5, 0.6) is 0 Å². The Labute approximate surface area is 154 Å². The maximum absolute atomic E-state index is 13.0. The number of carbonyl (C=O) groups excluding carboxylic acids is 1. The summed E-state index contributed by atoms with van der Waals surface area (Å²) in [5.74, 6) is -0.330. The second-order valence-corrected chi connectivity index (χ2v) is 7.06. The van der Waals surface area contributed by atoms with Gasteiger partial charge in [-0.15, -0.1) is 0 Å². The van der Waals surface area contributed by atoms with E-state index in [2.05, 4.69) is 4.98 Å². The van der Waals surface area contributed by atoms with E-state index in [4.69, 9.17) is 14.5 Å². The van der Waals surface area contributed by atoms with Crippen LogP contribution >= 0.6 is 11.8 Å². The number of hydrogen-bond acceptors (Lipinski definition) is 6. The van der Waals surface area contributed by atoms with Crippen molar-refractivity contribution < 1.29 is 14.3 Å². The van der Waals surface area contributed by atoms with Crippen LogP contribution in [0.1, 0.15) is 13.8 Å². The lowest BCUT2D eigenvalue weighted by atomic mass is 10.2. The third kappa shape index (κ3) is 3.47. The summed E-state index contributed by atoms with van der Waals surface area (Å²) in [6.07, 6.45) is 0. The van der Waals surface area contributed by atoms with Crippen LogP contribution in [0.3, 0.4) is 0 Å². The molecule has 1 atom stereocenters. The molecule has 3 rings (SSSR count).